The Labute approximate surface area is 107 Å². The second-order valence-corrected chi connectivity index (χ2v) is 3.87. The Morgan fingerprint density at radius 2 is 1.94 bits per heavy atom. The fourth-order valence-corrected chi connectivity index (χ4v) is 1.71. The summed E-state index contributed by atoms with van der Waals surface area (Å²) < 4.78 is 5.11. The number of para-hydroxylation sites is 1. The topological polar surface area (TPSA) is 45.0 Å². The van der Waals surface area contributed by atoms with E-state index in [9.17, 15) is 0 Å². The molecule has 0 heterocycles. The van der Waals surface area contributed by atoms with Crippen LogP contribution in [0, 0.1) is 11.3 Å². The van der Waals surface area contributed by atoms with Crippen molar-refractivity contribution >= 4 is 5.69 Å². The maximum atomic E-state index is 9.01. The van der Waals surface area contributed by atoms with Crippen molar-refractivity contribution in [3.63, 3.8) is 0 Å². The fourth-order valence-electron chi connectivity index (χ4n) is 1.71. The zero-order chi connectivity index (χ0) is 12.8. The molecule has 0 atom stereocenters. The first-order valence-corrected chi connectivity index (χ1v) is 5.69. The quantitative estimate of drug-likeness (QED) is 0.889. The number of nitrogens with one attached hydrogen (secondary N) is 1. The van der Waals surface area contributed by atoms with Gasteiger partial charge in [0, 0.05) is 12.2 Å². The number of methoxy groups -OCH3 is 1. The van der Waals surface area contributed by atoms with Crippen molar-refractivity contribution in [1.82, 2.24) is 0 Å². The number of benzene rings is 2. The Hall–Kier alpha value is -2.47. The average Bonchev–Trinajstić information content (AvgIpc) is 2.45. The highest BCUT2D eigenvalue weighted by molar-refractivity contribution is 5.47. The molecule has 1 N–H and O–H groups in total. The molecule has 0 unspecified atom stereocenters. The number of nitrogens with zero attached hydrogens (tertiary/aromatic N) is 1. The molecule has 0 fully saturated rings. The third kappa shape index (κ3) is 2.80. The monoisotopic (exact) mass is 238 g/mol. The molecule has 0 aliphatic heterocycles. The molecule has 0 amide bonds. The van der Waals surface area contributed by atoms with Crippen LogP contribution in [0.4, 0.5) is 5.69 Å². The number of anilines is 1. The highest BCUT2D eigenvalue weighted by Gasteiger charge is 2.03. The Kier molecular flexibility index (Phi) is 3.83. The largest absolute Gasteiger partial charge is 0.495 e. The van der Waals surface area contributed by atoms with Crippen LogP contribution >= 0.6 is 0 Å². The molecule has 18 heavy (non-hydrogen) atoms. The Morgan fingerprint density at radius 3 is 2.61 bits per heavy atom. The molecule has 0 saturated heterocycles. The second kappa shape index (κ2) is 5.74. The van der Waals surface area contributed by atoms with Gasteiger partial charge in [-0.2, -0.15) is 5.26 Å². The highest BCUT2D eigenvalue weighted by Crippen LogP contribution is 2.19. The zero-order valence-electron chi connectivity index (χ0n) is 10.2. The van der Waals surface area contributed by atoms with Crippen LogP contribution in [0.1, 0.15) is 11.1 Å². The molecular weight excluding hydrogens is 224 g/mol. The summed E-state index contributed by atoms with van der Waals surface area (Å²) in [5.74, 6) is 0.612. The summed E-state index contributed by atoms with van der Waals surface area (Å²) in [6, 6.07) is 17.7. The predicted molar refractivity (Wildman–Crippen MR) is 71.5 cm³/mol. The molecule has 3 heteroatoms. The zero-order valence-corrected chi connectivity index (χ0v) is 10.2. The van der Waals surface area contributed by atoms with E-state index >= 15 is 0 Å². The van der Waals surface area contributed by atoms with E-state index < -0.39 is 0 Å². The lowest BCUT2D eigenvalue weighted by Gasteiger charge is -2.08. The maximum absolute atomic E-state index is 9.01. The van der Waals surface area contributed by atoms with Gasteiger partial charge in [0.25, 0.3) is 0 Å². The summed E-state index contributed by atoms with van der Waals surface area (Å²) in [7, 11) is 1.57. The van der Waals surface area contributed by atoms with Gasteiger partial charge in [-0.25, -0.2) is 0 Å². The minimum Gasteiger partial charge on any atom is -0.495 e. The predicted octanol–water partition coefficient (Wildman–Crippen LogP) is 3.18. The number of hydrogen-bond acceptors (Lipinski definition) is 3. The van der Waals surface area contributed by atoms with Crippen molar-refractivity contribution in [3.8, 4) is 11.8 Å². The van der Waals surface area contributed by atoms with Crippen molar-refractivity contribution in [3.05, 3.63) is 59.7 Å². The lowest BCUT2D eigenvalue weighted by Crippen LogP contribution is -2.00. The van der Waals surface area contributed by atoms with E-state index in [0.717, 1.165) is 11.3 Å². The first-order valence-electron chi connectivity index (χ1n) is 5.69. The van der Waals surface area contributed by atoms with Gasteiger partial charge in [-0.3, -0.25) is 0 Å². The summed E-state index contributed by atoms with van der Waals surface area (Å²) in [6.45, 7) is 0.683. The van der Waals surface area contributed by atoms with Crippen LogP contribution in [0.15, 0.2) is 48.5 Å². The molecule has 0 aromatic heterocycles. The summed E-state index contributed by atoms with van der Waals surface area (Å²) in [4.78, 5) is 0. The molecule has 2 aromatic carbocycles. The van der Waals surface area contributed by atoms with E-state index in [0.29, 0.717) is 17.9 Å². The number of hydrogen-bond donors (Lipinski definition) is 1. The van der Waals surface area contributed by atoms with Crippen LogP contribution in [0.3, 0.4) is 0 Å². The normalized spacial score (nSPS) is 9.56. The van der Waals surface area contributed by atoms with E-state index in [4.69, 9.17) is 10.00 Å². The Bertz CT molecular complexity index is 558. The van der Waals surface area contributed by atoms with E-state index in [1.165, 1.54) is 0 Å². The molecule has 2 aromatic rings. The van der Waals surface area contributed by atoms with Crippen LogP contribution < -0.4 is 10.1 Å². The minimum absolute atomic E-state index is 0.560. The molecule has 2 rings (SSSR count). The van der Waals surface area contributed by atoms with Crippen molar-refractivity contribution < 1.29 is 4.74 Å². The van der Waals surface area contributed by atoms with E-state index in [2.05, 4.69) is 11.4 Å². The Balaban J connectivity index is 2.09. The van der Waals surface area contributed by atoms with Gasteiger partial charge in [0.05, 0.1) is 12.7 Å². The third-order valence-corrected chi connectivity index (χ3v) is 2.65. The third-order valence-electron chi connectivity index (χ3n) is 2.65. The molecule has 0 aliphatic rings. The number of nitriles is 1. The molecule has 90 valence electrons. The van der Waals surface area contributed by atoms with Crippen LogP contribution in [0.2, 0.25) is 0 Å². The molecular formula is C15H14N2O. The molecule has 3 nitrogen and oxygen atoms in total. The van der Waals surface area contributed by atoms with Gasteiger partial charge in [-0.05, 0) is 29.8 Å². The van der Waals surface area contributed by atoms with Gasteiger partial charge in [-0.1, -0.05) is 24.3 Å². The molecule has 0 saturated carbocycles. The van der Waals surface area contributed by atoms with Gasteiger partial charge in [0.1, 0.15) is 11.8 Å². The molecule has 0 radical (unpaired) electrons. The summed E-state index contributed by atoms with van der Waals surface area (Å²) >= 11 is 0. The maximum Gasteiger partial charge on any atom is 0.136 e. The lowest BCUT2D eigenvalue weighted by atomic mass is 10.1. The van der Waals surface area contributed by atoms with Gasteiger partial charge in [0.15, 0.2) is 0 Å². The second-order valence-electron chi connectivity index (χ2n) is 3.87. The Morgan fingerprint density at radius 1 is 1.17 bits per heavy atom. The number of rotatable bonds is 4. The number of ether oxygens (including phenoxy) is 1. The smallest absolute Gasteiger partial charge is 0.136 e. The van der Waals surface area contributed by atoms with Gasteiger partial charge >= 0.3 is 0 Å². The first kappa shape index (κ1) is 12.0. The van der Waals surface area contributed by atoms with E-state index in [1.807, 2.05) is 48.5 Å². The van der Waals surface area contributed by atoms with Crippen molar-refractivity contribution in [2.45, 2.75) is 6.54 Å². The first-order chi connectivity index (χ1) is 8.83. The molecule has 0 spiro atoms. The van der Waals surface area contributed by atoms with E-state index in [1.54, 1.807) is 7.11 Å². The van der Waals surface area contributed by atoms with Crippen molar-refractivity contribution in [2.24, 2.45) is 0 Å². The summed E-state index contributed by atoms with van der Waals surface area (Å²) in [6.07, 6.45) is 0. The lowest BCUT2D eigenvalue weighted by molar-refractivity contribution is 0.413. The highest BCUT2D eigenvalue weighted by atomic mass is 16.5. The van der Waals surface area contributed by atoms with Crippen LogP contribution in [-0.2, 0) is 6.54 Å². The van der Waals surface area contributed by atoms with Crippen molar-refractivity contribution in [2.75, 3.05) is 12.4 Å². The summed E-state index contributed by atoms with van der Waals surface area (Å²) in [5, 5.41) is 12.3. The van der Waals surface area contributed by atoms with Gasteiger partial charge in [-0.15, -0.1) is 0 Å². The van der Waals surface area contributed by atoms with Gasteiger partial charge < -0.3 is 10.1 Å². The van der Waals surface area contributed by atoms with Gasteiger partial charge in [0.2, 0.25) is 0 Å². The fraction of sp³-hybridized carbons (Fsp3) is 0.133. The van der Waals surface area contributed by atoms with Crippen LogP contribution in [0.5, 0.6) is 5.75 Å². The van der Waals surface area contributed by atoms with Crippen LogP contribution in [-0.4, -0.2) is 7.11 Å². The minimum atomic E-state index is 0.560. The molecule has 0 aliphatic carbocycles. The summed E-state index contributed by atoms with van der Waals surface area (Å²) in [5.41, 5.74) is 2.67. The van der Waals surface area contributed by atoms with Crippen molar-refractivity contribution in [1.29, 1.82) is 5.26 Å². The standard InChI is InChI=1S/C15H14N2O/c1-18-15-8-7-12(9-13(15)10-16)11-17-14-5-3-2-4-6-14/h2-9,17H,11H2,1H3. The van der Waals surface area contributed by atoms with Crippen LogP contribution in [0.25, 0.3) is 0 Å². The van der Waals surface area contributed by atoms with E-state index in [-0.39, 0.29) is 0 Å². The SMILES string of the molecule is COc1ccc(CNc2ccccc2)cc1C#N. The molecule has 0 bridgehead atoms. The average molecular weight is 238 g/mol.